The second kappa shape index (κ2) is 12.7. The van der Waals surface area contributed by atoms with Gasteiger partial charge in [0.25, 0.3) is 0 Å². The van der Waals surface area contributed by atoms with Gasteiger partial charge in [-0.25, -0.2) is 4.31 Å². The van der Waals surface area contributed by atoms with Gasteiger partial charge >= 0.3 is 10.2 Å². The molecule has 0 saturated heterocycles. The van der Waals surface area contributed by atoms with Gasteiger partial charge in [0.15, 0.2) is 0 Å². The summed E-state index contributed by atoms with van der Waals surface area (Å²) in [7, 11) is -1.13. The largest absolute Gasteiger partial charge is 0.352 e. The van der Waals surface area contributed by atoms with E-state index in [9.17, 15) is 18.0 Å². The van der Waals surface area contributed by atoms with Crippen molar-refractivity contribution in [2.45, 2.75) is 59.7 Å². The van der Waals surface area contributed by atoms with Crippen molar-refractivity contribution >= 4 is 43.6 Å². The molecule has 0 bridgehead atoms. The molecule has 0 aliphatic carbocycles. The van der Waals surface area contributed by atoms with Gasteiger partial charge in [0.2, 0.25) is 11.8 Å². The predicted octanol–water partition coefficient (Wildman–Crippen LogP) is 4.01. The second-order valence-electron chi connectivity index (χ2n) is 9.23. The molecule has 2 aromatic carbocycles. The van der Waals surface area contributed by atoms with E-state index in [1.54, 1.807) is 19.9 Å². The lowest BCUT2D eigenvalue weighted by atomic mass is 10.1. The Bertz CT molecular complexity index is 1170. The van der Waals surface area contributed by atoms with Crippen LogP contribution < -0.4 is 9.62 Å². The van der Waals surface area contributed by atoms with Crippen molar-refractivity contribution in [2.75, 3.05) is 24.9 Å². The number of nitrogens with zero attached hydrogens (tertiary/aromatic N) is 3. The fourth-order valence-corrected chi connectivity index (χ4v) is 4.90. The van der Waals surface area contributed by atoms with Gasteiger partial charge < -0.3 is 10.2 Å². The molecule has 1 N–H and O–H groups in total. The molecular formula is C26H37BrN4O4S. The molecule has 0 fully saturated rings. The number of nitrogens with one attached hydrogen (secondary N) is 1. The molecule has 2 aromatic rings. The number of halogens is 1. The van der Waals surface area contributed by atoms with Gasteiger partial charge in [-0.15, -0.1) is 0 Å². The van der Waals surface area contributed by atoms with Gasteiger partial charge in [0, 0.05) is 31.2 Å². The van der Waals surface area contributed by atoms with Gasteiger partial charge in [-0.1, -0.05) is 47.1 Å². The standard InChI is InChI=1S/C26H37BrN4O4S/c1-8-20(4)28-26(33)21(5)30(16-22-11-13-23(27)14-12-22)25(32)17-31(36(34,35)29(6)7)24-15-18(2)9-10-19(24)3/h9-15,20-21H,8,16-17H2,1-7H3,(H,28,33)/t20-,21+/m1/s1. The van der Waals surface area contributed by atoms with Crippen molar-refractivity contribution < 1.29 is 18.0 Å². The van der Waals surface area contributed by atoms with Gasteiger partial charge in [-0.05, 0) is 69.0 Å². The lowest BCUT2D eigenvalue weighted by Crippen LogP contribution is -2.53. The first-order valence-electron chi connectivity index (χ1n) is 11.9. The fraction of sp³-hybridized carbons (Fsp3) is 0.462. The number of hydrogen-bond donors (Lipinski definition) is 1. The zero-order valence-electron chi connectivity index (χ0n) is 22.1. The number of carbonyl (C=O) groups excluding carboxylic acids is 2. The van der Waals surface area contributed by atoms with Crippen LogP contribution >= 0.6 is 15.9 Å². The summed E-state index contributed by atoms with van der Waals surface area (Å²) in [6, 6.07) is 12.1. The van der Waals surface area contributed by atoms with Crippen molar-refractivity contribution in [1.82, 2.24) is 14.5 Å². The summed E-state index contributed by atoms with van der Waals surface area (Å²) in [6.45, 7) is 8.92. The van der Waals surface area contributed by atoms with E-state index in [1.807, 2.05) is 57.2 Å². The first kappa shape index (κ1) is 29.8. The molecule has 2 rings (SSSR count). The second-order valence-corrected chi connectivity index (χ2v) is 12.2. The van der Waals surface area contributed by atoms with Gasteiger partial charge in [-0.2, -0.15) is 12.7 Å². The molecule has 0 aromatic heterocycles. The first-order valence-corrected chi connectivity index (χ1v) is 14.1. The molecule has 2 atom stereocenters. The number of carbonyl (C=O) groups is 2. The Labute approximate surface area is 224 Å². The molecule has 0 unspecified atom stereocenters. The first-order chi connectivity index (χ1) is 16.8. The zero-order chi connectivity index (χ0) is 27.2. The van der Waals surface area contributed by atoms with E-state index in [-0.39, 0.29) is 18.5 Å². The van der Waals surface area contributed by atoms with Crippen LogP contribution in [-0.2, 0) is 26.3 Å². The third-order valence-corrected chi connectivity index (χ3v) is 8.42. The Morgan fingerprint density at radius 1 is 1.03 bits per heavy atom. The predicted molar refractivity (Wildman–Crippen MR) is 148 cm³/mol. The minimum absolute atomic E-state index is 0.0508. The number of aryl methyl sites for hydroxylation is 2. The highest BCUT2D eigenvalue weighted by molar-refractivity contribution is 9.10. The number of anilines is 1. The Morgan fingerprint density at radius 3 is 2.19 bits per heavy atom. The number of benzene rings is 2. The van der Waals surface area contributed by atoms with E-state index in [4.69, 9.17) is 0 Å². The Balaban J connectivity index is 2.49. The van der Waals surface area contributed by atoms with Crippen molar-refractivity contribution in [3.8, 4) is 0 Å². The summed E-state index contributed by atoms with van der Waals surface area (Å²) < 4.78 is 29.8. The topological polar surface area (TPSA) is 90.0 Å². The highest BCUT2D eigenvalue weighted by Crippen LogP contribution is 2.26. The zero-order valence-corrected chi connectivity index (χ0v) is 24.5. The van der Waals surface area contributed by atoms with Crippen LogP contribution in [0.4, 0.5) is 5.69 Å². The molecule has 8 nitrogen and oxygen atoms in total. The molecule has 0 heterocycles. The number of rotatable bonds is 11. The Kier molecular flexibility index (Phi) is 10.5. The van der Waals surface area contributed by atoms with Crippen LogP contribution in [0.5, 0.6) is 0 Å². The molecule has 2 amide bonds. The maximum Gasteiger partial charge on any atom is 0.304 e. The van der Waals surface area contributed by atoms with Crippen LogP contribution in [0.15, 0.2) is 46.9 Å². The van der Waals surface area contributed by atoms with Crippen molar-refractivity contribution in [2.24, 2.45) is 0 Å². The highest BCUT2D eigenvalue weighted by Gasteiger charge is 2.33. The molecule has 0 saturated carbocycles. The summed E-state index contributed by atoms with van der Waals surface area (Å²) in [5.74, 6) is -0.764. The molecule has 0 radical (unpaired) electrons. The van der Waals surface area contributed by atoms with E-state index in [0.29, 0.717) is 5.69 Å². The molecule has 10 heteroatoms. The monoisotopic (exact) mass is 580 g/mol. The van der Waals surface area contributed by atoms with E-state index in [2.05, 4.69) is 21.2 Å². The maximum absolute atomic E-state index is 13.8. The van der Waals surface area contributed by atoms with Gasteiger partial charge in [0.1, 0.15) is 12.6 Å². The lowest BCUT2D eigenvalue weighted by Gasteiger charge is -2.33. The summed E-state index contributed by atoms with van der Waals surface area (Å²) in [4.78, 5) is 28.2. The minimum Gasteiger partial charge on any atom is -0.352 e. The Hall–Kier alpha value is -2.43. The maximum atomic E-state index is 13.8. The van der Waals surface area contributed by atoms with E-state index in [1.165, 1.54) is 19.0 Å². The van der Waals surface area contributed by atoms with Gasteiger partial charge in [-0.3, -0.25) is 9.59 Å². The third kappa shape index (κ3) is 7.54. The highest BCUT2D eigenvalue weighted by atomic mass is 79.9. The number of hydrogen-bond acceptors (Lipinski definition) is 4. The average Bonchev–Trinajstić information content (AvgIpc) is 2.82. The molecule has 0 aliphatic rings. The number of amides is 2. The van der Waals surface area contributed by atoms with Gasteiger partial charge in [0.05, 0.1) is 5.69 Å². The molecule has 36 heavy (non-hydrogen) atoms. The van der Waals surface area contributed by atoms with E-state index < -0.39 is 28.7 Å². The Morgan fingerprint density at radius 2 is 1.64 bits per heavy atom. The lowest BCUT2D eigenvalue weighted by molar-refractivity contribution is -0.139. The fourth-order valence-electron chi connectivity index (χ4n) is 3.52. The SMILES string of the molecule is CC[C@@H](C)NC(=O)[C@H](C)N(Cc1ccc(Br)cc1)C(=O)CN(c1cc(C)ccc1C)S(=O)(=O)N(C)C. The van der Waals surface area contributed by atoms with Crippen LogP contribution in [0.1, 0.15) is 43.9 Å². The van der Waals surface area contributed by atoms with Crippen molar-refractivity contribution in [3.63, 3.8) is 0 Å². The van der Waals surface area contributed by atoms with Crippen LogP contribution in [0.2, 0.25) is 0 Å². The summed E-state index contributed by atoms with van der Waals surface area (Å²) in [6.07, 6.45) is 0.751. The molecule has 198 valence electrons. The summed E-state index contributed by atoms with van der Waals surface area (Å²) >= 11 is 3.41. The molecule has 0 aliphatic heterocycles. The van der Waals surface area contributed by atoms with E-state index >= 15 is 0 Å². The van der Waals surface area contributed by atoms with Crippen LogP contribution in [0, 0.1) is 13.8 Å². The quantitative estimate of drug-likeness (QED) is 0.435. The smallest absolute Gasteiger partial charge is 0.304 e. The molecule has 0 spiro atoms. The summed E-state index contributed by atoms with van der Waals surface area (Å²) in [5, 5.41) is 2.93. The van der Waals surface area contributed by atoms with Crippen molar-refractivity contribution in [1.29, 1.82) is 0 Å². The normalized spacial score (nSPS) is 13.2. The molecular weight excluding hydrogens is 544 g/mol. The van der Waals surface area contributed by atoms with Crippen molar-refractivity contribution in [3.05, 3.63) is 63.6 Å². The van der Waals surface area contributed by atoms with Crippen LogP contribution in [0.25, 0.3) is 0 Å². The summed E-state index contributed by atoms with van der Waals surface area (Å²) in [5.41, 5.74) is 2.84. The average molecular weight is 582 g/mol. The van der Waals surface area contributed by atoms with Crippen LogP contribution in [0.3, 0.4) is 0 Å². The van der Waals surface area contributed by atoms with Crippen LogP contribution in [-0.4, -0.2) is 62.2 Å². The van der Waals surface area contributed by atoms with E-state index in [0.717, 1.165) is 36.2 Å². The minimum atomic E-state index is -3.99. The third-order valence-electron chi connectivity index (χ3n) is 6.09.